The number of pyridine rings is 1. The maximum absolute atomic E-state index is 12.1. The van der Waals surface area contributed by atoms with Crippen LogP contribution in [-0.2, 0) is 15.6 Å². The zero-order valence-corrected chi connectivity index (χ0v) is 10.4. The van der Waals surface area contributed by atoms with E-state index in [1.165, 1.54) is 6.20 Å². The van der Waals surface area contributed by atoms with Gasteiger partial charge in [0.15, 0.2) is 5.03 Å². The fourth-order valence-corrected chi connectivity index (χ4v) is 2.44. The van der Waals surface area contributed by atoms with Crippen LogP contribution in [0.3, 0.4) is 0 Å². The van der Waals surface area contributed by atoms with Crippen LogP contribution in [0.4, 0.5) is 5.69 Å². The largest absolute Gasteiger partial charge is 0.396 e. The molecule has 1 aromatic rings. The lowest BCUT2D eigenvalue weighted by atomic mass is 10.4. The van der Waals surface area contributed by atoms with Gasteiger partial charge >= 0.3 is 0 Å². The molecule has 1 aromatic heterocycles. The minimum Gasteiger partial charge on any atom is -0.396 e. The lowest BCUT2D eigenvalue weighted by molar-refractivity contribution is -0.120. The predicted octanol–water partition coefficient (Wildman–Crippen LogP) is 0.438. The highest BCUT2D eigenvalue weighted by atomic mass is 32.2. The van der Waals surface area contributed by atoms with Gasteiger partial charge < -0.3 is 11.1 Å². The van der Waals surface area contributed by atoms with E-state index in [0.717, 1.165) is 12.8 Å². The van der Waals surface area contributed by atoms with Crippen LogP contribution in [-0.4, -0.2) is 26.4 Å². The van der Waals surface area contributed by atoms with Crippen molar-refractivity contribution in [3.8, 4) is 0 Å². The second-order valence-electron chi connectivity index (χ2n) is 4.12. The summed E-state index contributed by atoms with van der Waals surface area (Å²) in [5.74, 6) is -0.198. The van der Waals surface area contributed by atoms with Gasteiger partial charge in [-0.15, -0.1) is 0 Å². The maximum atomic E-state index is 12.1. The summed E-state index contributed by atoms with van der Waals surface area (Å²) >= 11 is 0. The lowest BCUT2D eigenvalue weighted by Crippen LogP contribution is -2.37. The summed E-state index contributed by atoms with van der Waals surface area (Å²) in [5.41, 5.74) is 6.04. The van der Waals surface area contributed by atoms with Gasteiger partial charge in [-0.05, 0) is 31.9 Å². The third-order valence-corrected chi connectivity index (χ3v) is 4.18. The van der Waals surface area contributed by atoms with Crippen molar-refractivity contribution in [2.24, 2.45) is 0 Å². The molecule has 1 aliphatic rings. The highest BCUT2D eigenvalue weighted by Crippen LogP contribution is 2.20. The lowest BCUT2D eigenvalue weighted by Gasteiger charge is -2.12. The summed E-state index contributed by atoms with van der Waals surface area (Å²) in [7, 11) is -1.51. The van der Waals surface area contributed by atoms with E-state index in [4.69, 9.17) is 5.73 Å². The van der Waals surface area contributed by atoms with Crippen molar-refractivity contribution in [3.63, 3.8) is 0 Å². The first kappa shape index (κ1) is 12.0. The number of anilines is 1. The van der Waals surface area contributed by atoms with Crippen molar-refractivity contribution in [3.05, 3.63) is 18.3 Å². The van der Waals surface area contributed by atoms with Crippen molar-refractivity contribution in [2.75, 3.05) is 5.73 Å². The van der Waals surface area contributed by atoms with E-state index in [1.54, 1.807) is 19.1 Å². The number of carbonyl (C=O) groups is 1. The Labute approximate surface area is 102 Å². The Morgan fingerprint density at radius 2 is 2.35 bits per heavy atom. The van der Waals surface area contributed by atoms with Gasteiger partial charge in [0.2, 0.25) is 5.91 Å². The van der Waals surface area contributed by atoms with E-state index in [-0.39, 0.29) is 17.0 Å². The minimum absolute atomic E-state index is 0.198. The summed E-state index contributed by atoms with van der Waals surface area (Å²) in [4.78, 5) is 15.7. The number of nitrogens with two attached hydrogens (primary N) is 1. The average molecular weight is 253 g/mol. The standard InChI is InChI=1S/C11H15N3O2S/c1-7(10(15)14-8-4-5-8)17(16)11-9(12)3-2-6-13-11/h2-3,6-8H,4-5,12H2,1H3,(H,14,15). The van der Waals surface area contributed by atoms with Gasteiger partial charge in [0.25, 0.3) is 0 Å². The van der Waals surface area contributed by atoms with Crippen LogP contribution in [0.5, 0.6) is 0 Å². The number of nitrogens with zero attached hydrogens (tertiary/aromatic N) is 1. The summed E-state index contributed by atoms with van der Waals surface area (Å²) in [6.07, 6.45) is 3.54. The number of hydrogen-bond donors (Lipinski definition) is 2. The van der Waals surface area contributed by atoms with Crippen LogP contribution < -0.4 is 11.1 Å². The van der Waals surface area contributed by atoms with E-state index in [0.29, 0.717) is 5.69 Å². The third-order valence-electron chi connectivity index (χ3n) is 2.61. The van der Waals surface area contributed by atoms with Crippen molar-refractivity contribution in [1.82, 2.24) is 10.3 Å². The van der Waals surface area contributed by atoms with Crippen LogP contribution in [0.2, 0.25) is 0 Å². The minimum atomic E-state index is -1.51. The van der Waals surface area contributed by atoms with Gasteiger partial charge in [-0.1, -0.05) is 0 Å². The highest BCUT2D eigenvalue weighted by molar-refractivity contribution is 7.86. The molecule has 6 heteroatoms. The number of nitrogen functional groups attached to an aromatic ring is 1. The number of nitrogens with one attached hydrogen (secondary N) is 1. The molecule has 2 unspecified atom stereocenters. The molecular formula is C11H15N3O2S. The number of carbonyl (C=O) groups excluding carboxylic acids is 1. The predicted molar refractivity (Wildman–Crippen MR) is 65.7 cm³/mol. The van der Waals surface area contributed by atoms with Crippen molar-refractivity contribution in [1.29, 1.82) is 0 Å². The Morgan fingerprint density at radius 3 is 2.94 bits per heavy atom. The molecule has 5 nitrogen and oxygen atoms in total. The van der Waals surface area contributed by atoms with Crippen molar-refractivity contribution in [2.45, 2.75) is 36.1 Å². The Morgan fingerprint density at radius 1 is 1.65 bits per heavy atom. The zero-order chi connectivity index (χ0) is 12.4. The smallest absolute Gasteiger partial charge is 0.236 e. The molecule has 1 heterocycles. The van der Waals surface area contributed by atoms with Gasteiger partial charge in [0.05, 0.1) is 16.5 Å². The molecule has 1 aliphatic carbocycles. The molecule has 92 valence electrons. The Hall–Kier alpha value is -1.43. The second-order valence-corrected chi connectivity index (χ2v) is 5.81. The van der Waals surface area contributed by atoms with Gasteiger partial charge in [0, 0.05) is 12.2 Å². The zero-order valence-electron chi connectivity index (χ0n) is 9.55. The van der Waals surface area contributed by atoms with Crippen LogP contribution >= 0.6 is 0 Å². The molecule has 0 radical (unpaired) electrons. The van der Waals surface area contributed by atoms with Crippen LogP contribution in [0.15, 0.2) is 23.4 Å². The molecule has 1 saturated carbocycles. The van der Waals surface area contributed by atoms with E-state index >= 15 is 0 Å². The first-order valence-electron chi connectivity index (χ1n) is 5.51. The molecule has 0 bridgehead atoms. The number of hydrogen-bond acceptors (Lipinski definition) is 4. The first-order valence-corrected chi connectivity index (χ1v) is 6.72. The Balaban J connectivity index is 2.08. The second kappa shape index (κ2) is 4.83. The molecule has 0 aliphatic heterocycles. The van der Waals surface area contributed by atoms with Gasteiger partial charge in [-0.2, -0.15) is 0 Å². The molecule has 0 spiro atoms. The molecule has 1 amide bonds. The van der Waals surface area contributed by atoms with Crippen LogP contribution in [0.25, 0.3) is 0 Å². The third kappa shape index (κ3) is 2.82. The summed E-state index contributed by atoms with van der Waals surface area (Å²) in [6, 6.07) is 3.57. The summed E-state index contributed by atoms with van der Waals surface area (Å²) in [6.45, 7) is 1.63. The van der Waals surface area contributed by atoms with Gasteiger partial charge in [-0.3, -0.25) is 9.00 Å². The summed E-state index contributed by atoms with van der Waals surface area (Å²) in [5, 5.41) is 2.47. The molecule has 1 fully saturated rings. The average Bonchev–Trinajstić information content (AvgIpc) is 3.11. The Kier molecular flexibility index (Phi) is 3.42. The normalized spacial score (nSPS) is 18.4. The van der Waals surface area contributed by atoms with Gasteiger partial charge in [0.1, 0.15) is 5.25 Å². The molecular weight excluding hydrogens is 238 g/mol. The molecule has 17 heavy (non-hydrogen) atoms. The van der Waals surface area contributed by atoms with Crippen molar-refractivity contribution >= 4 is 22.4 Å². The monoisotopic (exact) mass is 253 g/mol. The van der Waals surface area contributed by atoms with Crippen LogP contribution in [0.1, 0.15) is 19.8 Å². The molecule has 0 saturated heterocycles. The molecule has 0 aromatic carbocycles. The number of rotatable bonds is 4. The topological polar surface area (TPSA) is 85.1 Å². The quantitative estimate of drug-likeness (QED) is 0.815. The highest BCUT2D eigenvalue weighted by Gasteiger charge is 2.29. The first-order chi connectivity index (χ1) is 8.09. The maximum Gasteiger partial charge on any atom is 0.236 e. The van der Waals surface area contributed by atoms with E-state index in [9.17, 15) is 9.00 Å². The molecule has 3 N–H and O–H groups in total. The van der Waals surface area contributed by atoms with Crippen molar-refractivity contribution < 1.29 is 9.00 Å². The fourth-order valence-electron chi connectivity index (χ4n) is 1.38. The van der Waals surface area contributed by atoms with Crippen LogP contribution in [0, 0.1) is 0 Å². The van der Waals surface area contributed by atoms with Gasteiger partial charge in [-0.25, -0.2) is 4.98 Å². The van der Waals surface area contributed by atoms with E-state index in [2.05, 4.69) is 10.3 Å². The Bertz CT molecular complexity index is 460. The number of amides is 1. The van der Waals surface area contributed by atoms with E-state index < -0.39 is 16.0 Å². The molecule has 2 atom stereocenters. The SMILES string of the molecule is CC(C(=O)NC1CC1)S(=O)c1ncccc1N. The number of aromatic nitrogens is 1. The summed E-state index contributed by atoms with van der Waals surface area (Å²) < 4.78 is 12.1. The molecule has 2 rings (SSSR count). The van der Waals surface area contributed by atoms with E-state index in [1.807, 2.05) is 0 Å². The fraction of sp³-hybridized carbons (Fsp3) is 0.455.